The van der Waals surface area contributed by atoms with Crippen LogP contribution in [0.15, 0.2) is 57.9 Å². The normalized spacial score (nSPS) is 11.1. The van der Waals surface area contributed by atoms with Gasteiger partial charge in [0.25, 0.3) is 5.91 Å². The first-order chi connectivity index (χ1) is 12.9. The number of benzene rings is 1. The number of hydrogen-bond acceptors (Lipinski definition) is 4. The summed E-state index contributed by atoms with van der Waals surface area (Å²) >= 11 is 0. The maximum absolute atomic E-state index is 12.9. The second kappa shape index (κ2) is 6.28. The van der Waals surface area contributed by atoms with Gasteiger partial charge in [-0.3, -0.25) is 9.48 Å². The van der Waals surface area contributed by atoms with Crippen molar-refractivity contribution in [3.63, 3.8) is 0 Å². The molecule has 0 fully saturated rings. The van der Waals surface area contributed by atoms with E-state index in [0.29, 0.717) is 22.7 Å². The fourth-order valence-electron chi connectivity index (χ4n) is 3.21. The first-order valence-electron chi connectivity index (χ1n) is 8.46. The highest BCUT2D eigenvalue weighted by atomic mass is 16.4. The van der Waals surface area contributed by atoms with E-state index in [0.717, 1.165) is 16.8 Å². The molecule has 136 valence electrons. The summed E-state index contributed by atoms with van der Waals surface area (Å²) in [5, 5.41) is 7.89. The van der Waals surface area contributed by atoms with E-state index < -0.39 is 5.63 Å². The zero-order chi connectivity index (χ0) is 19.1. The Kier molecular flexibility index (Phi) is 3.92. The minimum Gasteiger partial charge on any atom is -0.423 e. The van der Waals surface area contributed by atoms with Gasteiger partial charge in [0, 0.05) is 35.6 Å². The Morgan fingerprint density at radius 2 is 1.81 bits per heavy atom. The summed E-state index contributed by atoms with van der Waals surface area (Å²) in [6, 6.07) is 12.1. The standard InChI is InChI=1S/C20H18N4O3/c1-12-4-5-13(2)24(12)20-16(11-21-23(20)3)19(26)22-15-7-8-17-14(10-15)6-9-18(25)27-17/h4-11H,1-3H3,(H,22,26). The highest BCUT2D eigenvalue weighted by molar-refractivity contribution is 6.07. The van der Waals surface area contributed by atoms with Crippen LogP contribution in [0.5, 0.6) is 0 Å². The number of aromatic nitrogens is 3. The summed E-state index contributed by atoms with van der Waals surface area (Å²) in [6.07, 6.45) is 1.56. The third-order valence-corrected chi connectivity index (χ3v) is 4.51. The maximum Gasteiger partial charge on any atom is 0.336 e. The first kappa shape index (κ1) is 16.8. The molecular weight excluding hydrogens is 344 g/mol. The highest BCUT2D eigenvalue weighted by Crippen LogP contribution is 2.22. The predicted octanol–water partition coefficient (Wildman–Crippen LogP) is 3.19. The quantitative estimate of drug-likeness (QED) is 0.568. The number of hydrogen-bond donors (Lipinski definition) is 1. The van der Waals surface area contributed by atoms with Crippen LogP contribution >= 0.6 is 0 Å². The van der Waals surface area contributed by atoms with Crippen molar-refractivity contribution in [1.82, 2.24) is 14.3 Å². The fourth-order valence-corrected chi connectivity index (χ4v) is 3.21. The number of nitrogens with zero attached hydrogens (tertiary/aromatic N) is 3. The lowest BCUT2D eigenvalue weighted by molar-refractivity contribution is 0.102. The molecule has 0 aliphatic carbocycles. The molecule has 0 aliphatic rings. The second-order valence-corrected chi connectivity index (χ2v) is 6.42. The molecule has 0 unspecified atom stereocenters. The summed E-state index contributed by atoms with van der Waals surface area (Å²) in [6.45, 7) is 3.97. The van der Waals surface area contributed by atoms with Crippen molar-refractivity contribution in [2.75, 3.05) is 5.32 Å². The van der Waals surface area contributed by atoms with Gasteiger partial charge in [0.15, 0.2) is 0 Å². The van der Waals surface area contributed by atoms with Gasteiger partial charge in [-0.25, -0.2) is 4.79 Å². The van der Waals surface area contributed by atoms with Crippen LogP contribution in [0.1, 0.15) is 21.7 Å². The van der Waals surface area contributed by atoms with Gasteiger partial charge in [0.1, 0.15) is 17.0 Å². The molecule has 7 nitrogen and oxygen atoms in total. The topological polar surface area (TPSA) is 82.1 Å². The number of aryl methyl sites for hydroxylation is 3. The Bertz CT molecular complexity index is 1210. The van der Waals surface area contributed by atoms with Crippen molar-refractivity contribution in [3.05, 3.63) is 76.0 Å². The van der Waals surface area contributed by atoms with Crippen LogP contribution < -0.4 is 10.9 Å². The molecule has 0 atom stereocenters. The lowest BCUT2D eigenvalue weighted by Gasteiger charge is -2.12. The number of carbonyl (C=O) groups is 1. The minimum absolute atomic E-state index is 0.262. The van der Waals surface area contributed by atoms with E-state index in [1.54, 1.807) is 35.1 Å². The molecular formula is C20H18N4O3. The molecule has 0 radical (unpaired) electrons. The fraction of sp³-hybridized carbons (Fsp3) is 0.150. The number of fused-ring (bicyclic) bond motifs is 1. The maximum atomic E-state index is 12.9. The largest absolute Gasteiger partial charge is 0.423 e. The van der Waals surface area contributed by atoms with Crippen molar-refractivity contribution in [3.8, 4) is 5.82 Å². The molecule has 0 spiro atoms. The molecule has 0 saturated carbocycles. The summed E-state index contributed by atoms with van der Waals surface area (Å²) < 4.78 is 8.80. The smallest absolute Gasteiger partial charge is 0.336 e. The van der Waals surface area contributed by atoms with E-state index in [1.807, 2.05) is 37.6 Å². The number of amides is 1. The van der Waals surface area contributed by atoms with Crippen molar-refractivity contribution in [1.29, 1.82) is 0 Å². The van der Waals surface area contributed by atoms with E-state index in [2.05, 4.69) is 10.4 Å². The summed E-state index contributed by atoms with van der Waals surface area (Å²) in [4.78, 5) is 24.2. The van der Waals surface area contributed by atoms with E-state index >= 15 is 0 Å². The molecule has 3 heterocycles. The minimum atomic E-state index is -0.406. The van der Waals surface area contributed by atoms with Crippen molar-refractivity contribution >= 4 is 22.6 Å². The van der Waals surface area contributed by atoms with Crippen LogP contribution in [0.25, 0.3) is 16.8 Å². The third kappa shape index (κ3) is 2.93. The van der Waals surface area contributed by atoms with Gasteiger partial charge < -0.3 is 14.3 Å². The van der Waals surface area contributed by atoms with E-state index in [4.69, 9.17) is 4.42 Å². The zero-order valence-electron chi connectivity index (χ0n) is 15.2. The summed E-state index contributed by atoms with van der Waals surface area (Å²) in [5.41, 5.74) is 3.19. The van der Waals surface area contributed by atoms with E-state index in [9.17, 15) is 9.59 Å². The van der Waals surface area contributed by atoms with Gasteiger partial charge in [0.05, 0.1) is 6.20 Å². The van der Waals surface area contributed by atoms with Crippen LogP contribution in [-0.2, 0) is 7.05 Å². The molecule has 0 aliphatic heterocycles. The second-order valence-electron chi connectivity index (χ2n) is 6.42. The summed E-state index contributed by atoms with van der Waals surface area (Å²) in [5.74, 6) is 0.446. The summed E-state index contributed by atoms with van der Waals surface area (Å²) in [7, 11) is 1.81. The molecule has 4 aromatic rings. The third-order valence-electron chi connectivity index (χ3n) is 4.51. The first-order valence-corrected chi connectivity index (χ1v) is 8.46. The van der Waals surface area contributed by atoms with Crippen molar-refractivity contribution in [2.45, 2.75) is 13.8 Å². The van der Waals surface area contributed by atoms with Crippen LogP contribution in [0.3, 0.4) is 0 Å². The molecule has 4 rings (SSSR count). The Balaban J connectivity index is 1.70. The van der Waals surface area contributed by atoms with Gasteiger partial charge in [-0.1, -0.05) is 0 Å². The van der Waals surface area contributed by atoms with E-state index in [-0.39, 0.29) is 5.91 Å². The Morgan fingerprint density at radius 3 is 2.56 bits per heavy atom. The average Bonchev–Trinajstić information content (AvgIpc) is 3.17. The van der Waals surface area contributed by atoms with Crippen LogP contribution in [0.2, 0.25) is 0 Å². The SMILES string of the molecule is Cc1ccc(C)n1-c1c(C(=O)Nc2ccc3oc(=O)ccc3c2)cnn1C. The highest BCUT2D eigenvalue weighted by Gasteiger charge is 2.20. The number of rotatable bonds is 3. The number of nitrogens with one attached hydrogen (secondary N) is 1. The number of anilines is 1. The Morgan fingerprint density at radius 1 is 1.07 bits per heavy atom. The monoisotopic (exact) mass is 362 g/mol. The predicted molar refractivity (Wildman–Crippen MR) is 102 cm³/mol. The van der Waals surface area contributed by atoms with Gasteiger partial charge >= 0.3 is 5.63 Å². The molecule has 3 aromatic heterocycles. The molecule has 1 N–H and O–H groups in total. The van der Waals surface area contributed by atoms with E-state index in [1.165, 1.54) is 6.07 Å². The zero-order valence-corrected chi connectivity index (χ0v) is 15.2. The van der Waals surface area contributed by atoms with Gasteiger partial charge in [-0.15, -0.1) is 0 Å². The molecule has 0 bridgehead atoms. The lowest BCUT2D eigenvalue weighted by Crippen LogP contribution is -2.16. The van der Waals surface area contributed by atoms with Crippen molar-refractivity contribution in [2.24, 2.45) is 7.05 Å². The van der Waals surface area contributed by atoms with Crippen LogP contribution in [0, 0.1) is 13.8 Å². The Labute approximate surface area is 154 Å². The van der Waals surface area contributed by atoms with Gasteiger partial charge in [-0.2, -0.15) is 5.10 Å². The average molecular weight is 362 g/mol. The van der Waals surface area contributed by atoms with Crippen LogP contribution in [0.4, 0.5) is 5.69 Å². The number of carbonyl (C=O) groups excluding carboxylic acids is 1. The molecule has 7 heteroatoms. The Hall–Kier alpha value is -3.61. The van der Waals surface area contributed by atoms with Gasteiger partial charge in [-0.05, 0) is 50.2 Å². The molecule has 1 aromatic carbocycles. The molecule has 0 saturated heterocycles. The molecule has 27 heavy (non-hydrogen) atoms. The van der Waals surface area contributed by atoms with Gasteiger partial charge in [0.2, 0.25) is 0 Å². The van der Waals surface area contributed by atoms with Crippen molar-refractivity contribution < 1.29 is 9.21 Å². The van der Waals surface area contributed by atoms with Crippen LogP contribution in [-0.4, -0.2) is 20.3 Å². The lowest BCUT2D eigenvalue weighted by atomic mass is 10.2. The molecule has 1 amide bonds.